The molecule has 1 aromatic rings. The first kappa shape index (κ1) is 15.7. The maximum Gasteiger partial charge on any atom is 0.286 e. The number of nitrogens with one attached hydrogen (secondary N) is 1. The van der Waals surface area contributed by atoms with Crippen molar-refractivity contribution in [3.8, 4) is 0 Å². The van der Waals surface area contributed by atoms with Gasteiger partial charge in [-0.2, -0.15) is 5.01 Å². The molecule has 1 saturated heterocycles. The van der Waals surface area contributed by atoms with E-state index in [4.69, 9.17) is 12.2 Å². The molecule has 2 aliphatic heterocycles. The minimum atomic E-state index is -0.480. The minimum Gasteiger partial charge on any atom is -0.308 e. The molecule has 0 atom stereocenters. The van der Waals surface area contributed by atoms with Crippen LogP contribution in [-0.4, -0.2) is 33.6 Å². The van der Waals surface area contributed by atoms with E-state index in [2.05, 4.69) is 5.43 Å². The zero-order valence-electron chi connectivity index (χ0n) is 12.5. The summed E-state index contributed by atoms with van der Waals surface area (Å²) in [6, 6.07) is 7.32. The smallest absolute Gasteiger partial charge is 0.286 e. The van der Waals surface area contributed by atoms with Crippen LogP contribution in [-0.2, 0) is 14.4 Å². The maximum absolute atomic E-state index is 12.7. The molecule has 118 valence electrons. The highest BCUT2D eigenvalue weighted by Gasteiger charge is 2.42. The van der Waals surface area contributed by atoms with Crippen LogP contribution in [0.25, 0.3) is 5.57 Å². The third-order valence-electron chi connectivity index (χ3n) is 3.51. The fraction of sp³-hybridized carbons (Fsp3) is 0.200. The van der Waals surface area contributed by atoms with Gasteiger partial charge < -0.3 is 4.90 Å². The molecule has 1 N–H and O–H groups in total. The molecule has 8 heteroatoms. The van der Waals surface area contributed by atoms with Gasteiger partial charge >= 0.3 is 0 Å². The number of benzene rings is 1. The summed E-state index contributed by atoms with van der Waals surface area (Å²) in [4.78, 5) is 38.4. The first-order chi connectivity index (χ1) is 11.0. The first-order valence-electron chi connectivity index (χ1n) is 6.94. The molecule has 3 amide bonds. The van der Waals surface area contributed by atoms with Gasteiger partial charge in [-0.05, 0) is 25.2 Å². The molecular weight excluding hydrogens is 334 g/mol. The van der Waals surface area contributed by atoms with E-state index in [0.29, 0.717) is 17.7 Å². The molecule has 1 aromatic carbocycles. The number of carbonyl (C=O) groups is 3. The molecule has 2 heterocycles. The number of hydrogen-bond donors (Lipinski definition) is 1. The van der Waals surface area contributed by atoms with Crippen molar-refractivity contribution >= 4 is 57.3 Å². The van der Waals surface area contributed by atoms with E-state index in [1.165, 1.54) is 6.92 Å². The van der Waals surface area contributed by atoms with Crippen LogP contribution < -0.4 is 10.3 Å². The Morgan fingerprint density at radius 3 is 2.61 bits per heavy atom. The standard InChI is InChI=1S/C15H13N3O3S2/c1-3-17-10-7-5-4-6-9(10)11(13(17)20)12-14(21)18(15(22)23-12)16-8(2)19/h4-7H,3H2,1-2H3,(H,16,19). The summed E-state index contributed by atoms with van der Waals surface area (Å²) < 4.78 is 0.202. The van der Waals surface area contributed by atoms with Gasteiger partial charge in [0.1, 0.15) is 0 Å². The minimum absolute atomic E-state index is 0.202. The summed E-state index contributed by atoms with van der Waals surface area (Å²) in [5.41, 5.74) is 4.21. The summed E-state index contributed by atoms with van der Waals surface area (Å²) in [6.07, 6.45) is 0. The number of para-hydroxylation sites is 1. The van der Waals surface area contributed by atoms with Gasteiger partial charge in [-0.15, -0.1) is 0 Å². The van der Waals surface area contributed by atoms with Gasteiger partial charge in [-0.25, -0.2) is 0 Å². The van der Waals surface area contributed by atoms with E-state index in [-0.39, 0.29) is 15.1 Å². The summed E-state index contributed by atoms with van der Waals surface area (Å²) >= 11 is 6.16. The first-order valence-corrected chi connectivity index (χ1v) is 8.17. The highest BCUT2D eigenvalue weighted by molar-refractivity contribution is 8.26. The topological polar surface area (TPSA) is 69.7 Å². The summed E-state index contributed by atoms with van der Waals surface area (Å²) in [7, 11) is 0. The van der Waals surface area contributed by atoms with Crippen LogP contribution in [0.4, 0.5) is 5.69 Å². The normalized spacial score (nSPS) is 20.3. The molecule has 0 aromatic heterocycles. The Kier molecular flexibility index (Phi) is 3.95. The van der Waals surface area contributed by atoms with Gasteiger partial charge in [0.2, 0.25) is 5.91 Å². The van der Waals surface area contributed by atoms with Crippen molar-refractivity contribution in [3.63, 3.8) is 0 Å². The monoisotopic (exact) mass is 347 g/mol. The predicted molar refractivity (Wildman–Crippen MR) is 92.2 cm³/mol. The number of hydrazine groups is 1. The highest BCUT2D eigenvalue weighted by Crippen LogP contribution is 2.43. The van der Waals surface area contributed by atoms with Gasteiger partial charge in [-0.3, -0.25) is 19.8 Å². The number of hydrogen-bond acceptors (Lipinski definition) is 5. The van der Waals surface area contributed by atoms with Crippen LogP contribution in [0.2, 0.25) is 0 Å². The fourth-order valence-corrected chi connectivity index (χ4v) is 3.84. The van der Waals surface area contributed by atoms with Crippen molar-refractivity contribution in [2.45, 2.75) is 13.8 Å². The number of thioether (sulfide) groups is 1. The van der Waals surface area contributed by atoms with Crippen LogP contribution in [0.5, 0.6) is 0 Å². The lowest BCUT2D eigenvalue weighted by Crippen LogP contribution is -2.43. The Balaban J connectivity index is 2.12. The summed E-state index contributed by atoms with van der Waals surface area (Å²) in [5.74, 6) is -1.11. The lowest BCUT2D eigenvalue weighted by molar-refractivity contribution is -0.132. The van der Waals surface area contributed by atoms with E-state index < -0.39 is 11.8 Å². The largest absolute Gasteiger partial charge is 0.308 e. The van der Waals surface area contributed by atoms with Gasteiger partial charge in [0.15, 0.2) is 4.32 Å². The summed E-state index contributed by atoms with van der Waals surface area (Å²) in [6.45, 7) is 3.67. The number of thiocarbonyl (C=S) groups is 1. The van der Waals surface area contributed by atoms with E-state index in [0.717, 1.165) is 22.5 Å². The summed E-state index contributed by atoms with van der Waals surface area (Å²) in [5, 5.41) is 1.01. The molecule has 23 heavy (non-hydrogen) atoms. The van der Waals surface area contributed by atoms with E-state index in [1.807, 2.05) is 31.2 Å². The van der Waals surface area contributed by atoms with Crippen LogP contribution in [0, 0.1) is 0 Å². The number of amides is 3. The quantitative estimate of drug-likeness (QED) is 0.651. The third kappa shape index (κ3) is 2.43. The third-order valence-corrected chi connectivity index (χ3v) is 4.88. The Labute approximate surface area is 142 Å². The second-order valence-corrected chi connectivity index (χ2v) is 6.59. The van der Waals surface area contributed by atoms with Crippen molar-refractivity contribution in [3.05, 3.63) is 34.7 Å². The average molecular weight is 347 g/mol. The number of fused-ring (bicyclic) bond motifs is 1. The molecule has 0 unspecified atom stereocenters. The SMILES string of the molecule is CCN1C(=O)C(=C2SC(=S)N(NC(C)=O)C2=O)c2ccccc21. The van der Waals surface area contributed by atoms with Crippen LogP contribution >= 0.6 is 24.0 Å². The molecule has 0 radical (unpaired) electrons. The van der Waals surface area contributed by atoms with Crippen LogP contribution in [0.3, 0.4) is 0 Å². The number of likely N-dealkylation sites (N-methyl/N-ethyl adjacent to an activating group) is 1. The van der Waals surface area contributed by atoms with E-state index in [9.17, 15) is 14.4 Å². The lowest BCUT2D eigenvalue weighted by Gasteiger charge is -2.14. The molecule has 0 spiro atoms. The molecule has 0 aliphatic carbocycles. The molecule has 6 nitrogen and oxygen atoms in total. The Morgan fingerprint density at radius 2 is 1.96 bits per heavy atom. The second kappa shape index (κ2) is 5.78. The van der Waals surface area contributed by atoms with E-state index in [1.54, 1.807) is 4.90 Å². The van der Waals surface area contributed by atoms with Crippen molar-refractivity contribution < 1.29 is 14.4 Å². The fourth-order valence-electron chi connectivity index (χ4n) is 2.59. The molecular formula is C15H13N3O3S2. The lowest BCUT2D eigenvalue weighted by atomic mass is 10.1. The average Bonchev–Trinajstić information content (AvgIpc) is 2.94. The molecule has 2 aliphatic rings. The van der Waals surface area contributed by atoms with Gasteiger partial charge in [0, 0.05) is 19.0 Å². The van der Waals surface area contributed by atoms with Crippen LogP contribution in [0.1, 0.15) is 19.4 Å². The number of carbonyl (C=O) groups excluding carboxylic acids is 3. The Bertz CT molecular complexity index is 788. The molecule has 0 saturated carbocycles. The Morgan fingerprint density at radius 1 is 1.26 bits per heavy atom. The van der Waals surface area contributed by atoms with Gasteiger partial charge in [0.25, 0.3) is 11.8 Å². The second-order valence-electron chi connectivity index (χ2n) is 4.95. The molecule has 1 fully saturated rings. The molecule has 3 rings (SSSR count). The molecule has 0 bridgehead atoms. The zero-order valence-corrected chi connectivity index (χ0v) is 14.1. The van der Waals surface area contributed by atoms with Crippen molar-refractivity contribution in [1.82, 2.24) is 10.4 Å². The zero-order chi connectivity index (χ0) is 16.7. The van der Waals surface area contributed by atoms with Crippen molar-refractivity contribution in [2.24, 2.45) is 0 Å². The maximum atomic E-state index is 12.7. The Hall–Kier alpha value is -2.19. The van der Waals surface area contributed by atoms with Crippen LogP contribution in [0.15, 0.2) is 29.2 Å². The highest BCUT2D eigenvalue weighted by atomic mass is 32.2. The predicted octanol–water partition coefficient (Wildman–Crippen LogP) is 1.68. The number of anilines is 1. The van der Waals surface area contributed by atoms with Crippen molar-refractivity contribution in [1.29, 1.82) is 0 Å². The van der Waals surface area contributed by atoms with E-state index >= 15 is 0 Å². The van der Waals surface area contributed by atoms with Crippen molar-refractivity contribution in [2.75, 3.05) is 11.4 Å². The number of nitrogens with zero attached hydrogens (tertiary/aromatic N) is 2. The number of rotatable bonds is 2. The van der Waals surface area contributed by atoms with Gasteiger partial charge in [0.05, 0.1) is 16.2 Å². The van der Waals surface area contributed by atoms with Gasteiger partial charge in [-0.1, -0.05) is 30.0 Å².